The Morgan fingerprint density at radius 2 is 1.46 bits per heavy atom. The number of hydrogen-bond donors (Lipinski definition) is 1. The van der Waals surface area contributed by atoms with Crippen LogP contribution < -0.4 is 5.32 Å². The van der Waals surface area contributed by atoms with Crippen molar-refractivity contribution < 1.29 is 23.9 Å². The van der Waals surface area contributed by atoms with Crippen LogP contribution in [0.15, 0.2) is 78.9 Å². The number of anilines is 1. The van der Waals surface area contributed by atoms with Gasteiger partial charge in [-0.1, -0.05) is 54.6 Å². The third-order valence-corrected chi connectivity index (χ3v) is 5.55. The number of fused-ring (bicyclic) bond motifs is 1. The SMILES string of the molecule is N#CCc1ccc(NC(=O)COC(=O)[C@H](Cc2ccccc2)N2C(=O)c3ccccc3C2=O)cc1. The van der Waals surface area contributed by atoms with Crippen LogP contribution in [0.2, 0.25) is 0 Å². The Labute approximate surface area is 201 Å². The van der Waals surface area contributed by atoms with Crippen LogP contribution in [-0.4, -0.2) is 41.2 Å². The highest BCUT2D eigenvalue weighted by molar-refractivity contribution is 6.22. The van der Waals surface area contributed by atoms with Crippen LogP contribution in [0.3, 0.4) is 0 Å². The standard InChI is InChI=1S/C27H21N3O5/c28-15-14-18-10-12-20(13-11-18)29-24(31)17-35-27(34)23(16-19-6-2-1-3-7-19)30-25(32)21-8-4-5-9-22(21)26(30)33/h1-13,23H,14,16-17H2,(H,29,31)/t23-/m0/s1. The molecule has 1 heterocycles. The molecule has 1 N–H and O–H groups in total. The fourth-order valence-electron chi connectivity index (χ4n) is 3.84. The Morgan fingerprint density at radius 3 is 2.06 bits per heavy atom. The molecule has 0 aliphatic carbocycles. The normalized spacial score (nSPS) is 13.1. The number of nitrogens with one attached hydrogen (secondary N) is 1. The van der Waals surface area contributed by atoms with Gasteiger partial charge in [0.1, 0.15) is 6.04 Å². The highest BCUT2D eigenvalue weighted by atomic mass is 16.5. The molecule has 35 heavy (non-hydrogen) atoms. The van der Waals surface area contributed by atoms with Crippen LogP contribution >= 0.6 is 0 Å². The van der Waals surface area contributed by atoms with Crippen LogP contribution in [0, 0.1) is 11.3 Å². The van der Waals surface area contributed by atoms with Crippen molar-refractivity contribution >= 4 is 29.4 Å². The Bertz CT molecular complexity index is 1280. The molecule has 3 aromatic carbocycles. The van der Waals surface area contributed by atoms with E-state index in [-0.39, 0.29) is 24.0 Å². The van der Waals surface area contributed by atoms with Gasteiger partial charge in [0.2, 0.25) is 0 Å². The minimum atomic E-state index is -1.23. The molecule has 4 rings (SSSR count). The van der Waals surface area contributed by atoms with E-state index in [1.165, 1.54) is 12.1 Å². The first-order chi connectivity index (χ1) is 17.0. The lowest BCUT2D eigenvalue weighted by Crippen LogP contribution is -2.47. The summed E-state index contributed by atoms with van der Waals surface area (Å²) in [5.74, 6) is -2.59. The molecule has 1 atom stereocenters. The number of carbonyl (C=O) groups is 4. The highest BCUT2D eigenvalue weighted by Gasteiger charge is 2.43. The molecule has 8 heteroatoms. The van der Waals surface area contributed by atoms with E-state index in [0.29, 0.717) is 5.69 Å². The van der Waals surface area contributed by atoms with Gasteiger partial charge in [0.15, 0.2) is 6.61 Å². The second kappa shape index (κ2) is 10.4. The summed E-state index contributed by atoms with van der Waals surface area (Å²) in [5.41, 5.74) is 2.46. The minimum Gasteiger partial charge on any atom is -0.454 e. The molecule has 0 saturated carbocycles. The van der Waals surface area contributed by atoms with E-state index in [4.69, 9.17) is 10.00 Å². The van der Waals surface area contributed by atoms with Gasteiger partial charge in [0, 0.05) is 12.1 Å². The predicted octanol–water partition coefficient (Wildman–Crippen LogP) is 3.14. The van der Waals surface area contributed by atoms with Gasteiger partial charge in [-0.25, -0.2) is 4.79 Å². The van der Waals surface area contributed by atoms with Crippen molar-refractivity contribution in [2.45, 2.75) is 18.9 Å². The van der Waals surface area contributed by atoms with E-state index in [9.17, 15) is 19.2 Å². The summed E-state index contributed by atoms with van der Waals surface area (Å²) < 4.78 is 5.24. The molecule has 1 aliphatic rings. The number of amides is 3. The van der Waals surface area contributed by atoms with Crippen LogP contribution in [0.1, 0.15) is 31.8 Å². The van der Waals surface area contributed by atoms with E-state index < -0.39 is 36.3 Å². The molecule has 3 amide bonds. The van der Waals surface area contributed by atoms with Gasteiger partial charge in [0.25, 0.3) is 17.7 Å². The lowest BCUT2D eigenvalue weighted by atomic mass is 10.0. The molecule has 1 aliphatic heterocycles. The van der Waals surface area contributed by atoms with Crippen molar-refractivity contribution in [1.29, 1.82) is 5.26 Å². The number of imide groups is 1. The molecule has 3 aromatic rings. The zero-order valence-corrected chi connectivity index (χ0v) is 18.6. The Balaban J connectivity index is 1.47. The van der Waals surface area contributed by atoms with Crippen molar-refractivity contribution in [2.75, 3.05) is 11.9 Å². The summed E-state index contributed by atoms with van der Waals surface area (Å²) in [6.07, 6.45) is 0.305. The first kappa shape index (κ1) is 23.4. The fraction of sp³-hybridized carbons (Fsp3) is 0.148. The van der Waals surface area contributed by atoms with E-state index in [1.807, 2.05) is 12.1 Å². The van der Waals surface area contributed by atoms with Gasteiger partial charge >= 0.3 is 5.97 Å². The van der Waals surface area contributed by atoms with Gasteiger partial charge in [-0.2, -0.15) is 5.26 Å². The van der Waals surface area contributed by atoms with Gasteiger partial charge in [-0.15, -0.1) is 0 Å². The molecule has 174 valence electrons. The summed E-state index contributed by atoms with van der Waals surface area (Å²) in [6, 6.07) is 22.8. The second-order valence-electron chi connectivity index (χ2n) is 7.92. The maximum absolute atomic E-state index is 13.1. The van der Waals surface area contributed by atoms with Crippen LogP contribution in [0.25, 0.3) is 0 Å². The lowest BCUT2D eigenvalue weighted by molar-refractivity contribution is -0.151. The predicted molar refractivity (Wildman–Crippen MR) is 126 cm³/mol. The maximum Gasteiger partial charge on any atom is 0.330 e. The molecule has 0 radical (unpaired) electrons. The number of nitrogens with zero attached hydrogens (tertiary/aromatic N) is 2. The molecule has 0 unspecified atom stereocenters. The van der Waals surface area contributed by atoms with Gasteiger partial charge in [-0.05, 0) is 35.4 Å². The van der Waals surface area contributed by atoms with Crippen molar-refractivity contribution in [1.82, 2.24) is 4.90 Å². The van der Waals surface area contributed by atoms with Gasteiger partial charge < -0.3 is 10.1 Å². The number of nitriles is 1. The zero-order chi connectivity index (χ0) is 24.8. The molecule has 8 nitrogen and oxygen atoms in total. The first-order valence-electron chi connectivity index (χ1n) is 10.9. The first-order valence-corrected chi connectivity index (χ1v) is 10.9. The Hall–Kier alpha value is -4.77. The van der Waals surface area contributed by atoms with E-state index >= 15 is 0 Å². The lowest BCUT2D eigenvalue weighted by Gasteiger charge is -2.24. The summed E-state index contributed by atoms with van der Waals surface area (Å²) in [4.78, 5) is 52.3. The van der Waals surface area contributed by atoms with Crippen molar-refractivity contribution in [3.05, 3.63) is 101 Å². The number of esters is 1. The summed E-state index contributed by atoms with van der Waals surface area (Å²) in [6.45, 7) is -0.590. The van der Waals surface area contributed by atoms with Crippen molar-refractivity contribution in [3.8, 4) is 6.07 Å². The molecule has 0 fully saturated rings. The Morgan fingerprint density at radius 1 is 0.857 bits per heavy atom. The monoisotopic (exact) mass is 467 g/mol. The smallest absolute Gasteiger partial charge is 0.330 e. The summed E-state index contributed by atoms with van der Waals surface area (Å²) in [7, 11) is 0. The molecular formula is C27H21N3O5. The summed E-state index contributed by atoms with van der Waals surface area (Å²) in [5, 5.41) is 11.4. The number of ether oxygens (including phenoxy) is 1. The molecule has 0 aromatic heterocycles. The topological polar surface area (TPSA) is 117 Å². The molecular weight excluding hydrogens is 446 g/mol. The van der Waals surface area contributed by atoms with Crippen molar-refractivity contribution in [2.24, 2.45) is 0 Å². The van der Waals surface area contributed by atoms with Gasteiger partial charge in [-0.3, -0.25) is 19.3 Å². The van der Waals surface area contributed by atoms with Crippen LogP contribution in [0.5, 0.6) is 0 Å². The second-order valence-corrected chi connectivity index (χ2v) is 7.92. The van der Waals surface area contributed by atoms with E-state index in [1.54, 1.807) is 60.7 Å². The fourth-order valence-corrected chi connectivity index (χ4v) is 3.84. The Kier molecular flexibility index (Phi) is 6.98. The van der Waals surface area contributed by atoms with Crippen LogP contribution in [0.4, 0.5) is 5.69 Å². The third-order valence-electron chi connectivity index (χ3n) is 5.55. The maximum atomic E-state index is 13.1. The summed E-state index contributed by atoms with van der Waals surface area (Å²) >= 11 is 0. The number of benzene rings is 3. The quantitative estimate of drug-likeness (QED) is 0.402. The average molecular weight is 467 g/mol. The number of rotatable bonds is 8. The average Bonchev–Trinajstić information content (AvgIpc) is 3.13. The van der Waals surface area contributed by atoms with Crippen molar-refractivity contribution in [3.63, 3.8) is 0 Å². The van der Waals surface area contributed by atoms with Gasteiger partial charge in [0.05, 0.1) is 23.6 Å². The molecule has 0 spiro atoms. The minimum absolute atomic E-state index is 0.0487. The number of hydrogen-bond acceptors (Lipinski definition) is 6. The largest absolute Gasteiger partial charge is 0.454 e. The van der Waals surface area contributed by atoms with Crippen LogP contribution in [-0.2, 0) is 27.2 Å². The molecule has 0 saturated heterocycles. The molecule has 0 bridgehead atoms. The third kappa shape index (κ3) is 5.25. The number of carbonyl (C=O) groups excluding carboxylic acids is 4. The highest BCUT2D eigenvalue weighted by Crippen LogP contribution is 2.26. The zero-order valence-electron chi connectivity index (χ0n) is 18.6. The van der Waals surface area contributed by atoms with E-state index in [2.05, 4.69) is 5.32 Å². The van der Waals surface area contributed by atoms with E-state index in [0.717, 1.165) is 16.0 Å².